The fourth-order valence-electron chi connectivity index (χ4n) is 4.61. The standard InChI is InChI=1S/C24H24N4O3/c1-14-25-24-26-18-11-17(15-7-5-4-6-8-15)12-19(29)22(18)23(28(24)27-14)16-9-10-20(30-2)21(13-16)31-3/h4-10,13,17,23H,11-12H2,1-3H3,(H,25,26,27)/t17-,23-/m1/s1. The summed E-state index contributed by atoms with van der Waals surface area (Å²) in [6, 6.07) is 15.6. The van der Waals surface area contributed by atoms with Gasteiger partial charge >= 0.3 is 0 Å². The second kappa shape index (κ2) is 7.58. The van der Waals surface area contributed by atoms with Gasteiger partial charge in [0, 0.05) is 17.7 Å². The first kappa shape index (κ1) is 19.4. The molecule has 158 valence electrons. The fraction of sp³-hybridized carbons (Fsp3) is 0.292. The molecule has 0 saturated heterocycles. The van der Waals surface area contributed by atoms with Crippen LogP contribution in [0, 0.1) is 6.92 Å². The molecule has 0 spiro atoms. The lowest BCUT2D eigenvalue weighted by Crippen LogP contribution is -2.33. The largest absolute Gasteiger partial charge is 0.493 e. The number of Topliss-reactive ketones (excluding diaryl/α,β-unsaturated/α-hetero) is 1. The number of ketones is 1. The number of nitrogens with one attached hydrogen (secondary N) is 1. The zero-order valence-electron chi connectivity index (χ0n) is 17.8. The maximum Gasteiger partial charge on any atom is 0.226 e. The monoisotopic (exact) mass is 416 g/mol. The molecular weight excluding hydrogens is 392 g/mol. The minimum absolute atomic E-state index is 0.126. The molecule has 0 saturated carbocycles. The molecule has 1 aliphatic carbocycles. The van der Waals surface area contributed by atoms with E-state index in [-0.39, 0.29) is 17.7 Å². The number of methoxy groups -OCH3 is 2. The van der Waals surface area contributed by atoms with Crippen molar-refractivity contribution >= 4 is 11.7 Å². The van der Waals surface area contributed by atoms with E-state index in [0.29, 0.717) is 29.7 Å². The van der Waals surface area contributed by atoms with Gasteiger partial charge in [-0.25, -0.2) is 4.68 Å². The van der Waals surface area contributed by atoms with Crippen LogP contribution in [0.2, 0.25) is 0 Å². The van der Waals surface area contributed by atoms with Crippen LogP contribution in [-0.2, 0) is 4.79 Å². The van der Waals surface area contributed by atoms with Crippen LogP contribution >= 0.6 is 0 Å². The van der Waals surface area contributed by atoms with E-state index in [1.165, 1.54) is 5.56 Å². The maximum atomic E-state index is 13.5. The Balaban J connectivity index is 1.63. The summed E-state index contributed by atoms with van der Waals surface area (Å²) in [4.78, 5) is 18.0. The molecule has 1 N–H and O–H groups in total. The van der Waals surface area contributed by atoms with Gasteiger partial charge < -0.3 is 14.8 Å². The van der Waals surface area contributed by atoms with E-state index in [2.05, 4.69) is 27.5 Å². The minimum Gasteiger partial charge on any atom is -0.493 e. The van der Waals surface area contributed by atoms with Crippen LogP contribution in [0.1, 0.15) is 41.8 Å². The molecule has 2 aromatic carbocycles. The van der Waals surface area contributed by atoms with Crippen molar-refractivity contribution in [3.05, 3.63) is 76.8 Å². The molecule has 0 unspecified atom stereocenters. The number of nitrogens with zero attached hydrogens (tertiary/aromatic N) is 3. The number of benzene rings is 2. The predicted octanol–water partition coefficient (Wildman–Crippen LogP) is 4.02. The number of anilines is 1. The Labute approximate surface area is 180 Å². The summed E-state index contributed by atoms with van der Waals surface area (Å²) in [6.07, 6.45) is 1.22. The number of carbonyl (C=O) groups excluding carboxylic acids is 1. The summed E-state index contributed by atoms with van der Waals surface area (Å²) in [6.45, 7) is 1.85. The number of aryl methyl sites for hydroxylation is 1. The van der Waals surface area contributed by atoms with Gasteiger partial charge in [-0.2, -0.15) is 10.1 Å². The highest BCUT2D eigenvalue weighted by Crippen LogP contribution is 2.45. The molecule has 2 aliphatic rings. The average molecular weight is 416 g/mol. The first-order valence-corrected chi connectivity index (χ1v) is 10.3. The highest BCUT2D eigenvalue weighted by Gasteiger charge is 2.39. The van der Waals surface area contributed by atoms with E-state index in [1.54, 1.807) is 18.9 Å². The molecule has 0 amide bonds. The van der Waals surface area contributed by atoms with Crippen LogP contribution in [0.3, 0.4) is 0 Å². The average Bonchev–Trinajstić information content (AvgIpc) is 3.17. The molecule has 7 heteroatoms. The minimum atomic E-state index is -0.364. The van der Waals surface area contributed by atoms with Gasteiger partial charge in [-0.15, -0.1) is 0 Å². The Bertz CT molecular complexity index is 1180. The lowest BCUT2D eigenvalue weighted by Gasteiger charge is -2.35. The van der Waals surface area contributed by atoms with E-state index >= 15 is 0 Å². The van der Waals surface area contributed by atoms with Gasteiger partial charge in [-0.1, -0.05) is 36.4 Å². The normalized spacial score (nSPS) is 20.0. The van der Waals surface area contributed by atoms with Gasteiger partial charge in [0.25, 0.3) is 0 Å². The summed E-state index contributed by atoms with van der Waals surface area (Å²) in [7, 11) is 3.21. The van der Waals surface area contributed by atoms with Crippen molar-refractivity contribution in [2.75, 3.05) is 19.5 Å². The lowest BCUT2D eigenvalue weighted by molar-refractivity contribution is -0.116. The van der Waals surface area contributed by atoms with E-state index in [9.17, 15) is 4.79 Å². The number of allylic oxidation sites excluding steroid dienone is 2. The van der Waals surface area contributed by atoms with Crippen molar-refractivity contribution in [3.8, 4) is 11.5 Å². The van der Waals surface area contributed by atoms with Crippen molar-refractivity contribution in [1.82, 2.24) is 14.8 Å². The molecule has 5 rings (SSSR count). The topological polar surface area (TPSA) is 78.3 Å². The van der Waals surface area contributed by atoms with E-state index < -0.39 is 0 Å². The van der Waals surface area contributed by atoms with Gasteiger partial charge in [0.05, 0.1) is 14.2 Å². The third-order valence-corrected chi connectivity index (χ3v) is 6.02. The third kappa shape index (κ3) is 3.26. The van der Waals surface area contributed by atoms with E-state index in [0.717, 1.165) is 23.3 Å². The quantitative estimate of drug-likeness (QED) is 0.692. The van der Waals surface area contributed by atoms with Crippen LogP contribution in [0.25, 0.3) is 0 Å². The molecule has 1 aliphatic heterocycles. The van der Waals surface area contributed by atoms with Gasteiger partial charge in [-0.05, 0) is 42.5 Å². The highest BCUT2D eigenvalue weighted by molar-refractivity contribution is 6.00. The molecule has 2 atom stereocenters. The first-order valence-electron chi connectivity index (χ1n) is 10.3. The number of ether oxygens (including phenoxy) is 2. The molecule has 3 aromatic rings. The molecule has 0 radical (unpaired) electrons. The maximum absolute atomic E-state index is 13.5. The van der Waals surface area contributed by atoms with Gasteiger partial charge in [0.2, 0.25) is 5.95 Å². The number of hydrogen-bond donors (Lipinski definition) is 1. The Morgan fingerprint density at radius 3 is 2.52 bits per heavy atom. The molecular formula is C24H24N4O3. The third-order valence-electron chi connectivity index (χ3n) is 6.02. The lowest BCUT2D eigenvalue weighted by atomic mass is 9.78. The van der Waals surface area contributed by atoms with Crippen LogP contribution in [0.4, 0.5) is 5.95 Å². The molecule has 2 heterocycles. The molecule has 31 heavy (non-hydrogen) atoms. The number of carbonyl (C=O) groups is 1. The Kier molecular flexibility index (Phi) is 4.73. The van der Waals surface area contributed by atoms with Crippen LogP contribution in [-0.4, -0.2) is 34.8 Å². The summed E-state index contributed by atoms with van der Waals surface area (Å²) in [5, 5.41) is 7.99. The number of fused-ring (bicyclic) bond motifs is 1. The summed E-state index contributed by atoms with van der Waals surface area (Å²) < 4.78 is 12.7. The predicted molar refractivity (Wildman–Crippen MR) is 117 cm³/mol. The Morgan fingerprint density at radius 2 is 1.77 bits per heavy atom. The molecule has 0 fully saturated rings. The van der Waals surface area contributed by atoms with Crippen molar-refractivity contribution in [2.24, 2.45) is 0 Å². The number of aromatic nitrogens is 3. The van der Waals surface area contributed by atoms with Crippen molar-refractivity contribution in [3.63, 3.8) is 0 Å². The summed E-state index contributed by atoms with van der Waals surface area (Å²) in [5.74, 6) is 2.83. The van der Waals surface area contributed by atoms with Crippen molar-refractivity contribution in [1.29, 1.82) is 0 Å². The van der Waals surface area contributed by atoms with Crippen LogP contribution in [0.15, 0.2) is 59.8 Å². The van der Waals surface area contributed by atoms with Gasteiger partial charge in [0.15, 0.2) is 17.3 Å². The zero-order valence-corrected chi connectivity index (χ0v) is 17.8. The zero-order chi connectivity index (χ0) is 21.5. The molecule has 0 bridgehead atoms. The highest BCUT2D eigenvalue weighted by atomic mass is 16.5. The molecule has 7 nitrogen and oxygen atoms in total. The van der Waals surface area contributed by atoms with E-state index in [1.807, 2.05) is 43.3 Å². The van der Waals surface area contributed by atoms with Gasteiger partial charge in [0.1, 0.15) is 11.9 Å². The Morgan fingerprint density at radius 1 is 1.00 bits per heavy atom. The smallest absolute Gasteiger partial charge is 0.226 e. The summed E-state index contributed by atoms with van der Waals surface area (Å²) in [5.41, 5.74) is 3.75. The molecule has 1 aromatic heterocycles. The second-order valence-corrected chi connectivity index (χ2v) is 7.90. The van der Waals surface area contributed by atoms with Crippen LogP contribution < -0.4 is 14.8 Å². The first-order chi connectivity index (χ1) is 15.1. The van der Waals surface area contributed by atoms with Crippen molar-refractivity contribution in [2.45, 2.75) is 31.7 Å². The number of hydrogen-bond acceptors (Lipinski definition) is 6. The fourth-order valence-corrected chi connectivity index (χ4v) is 4.61. The van der Waals surface area contributed by atoms with Crippen LogP contribution in [0.5, 0.6) is 11.5 Å². The Hall–Kier alpha value is -3.61. The van der Waals surface area contributed by atoms with Gasteiger partial charge in [-0.3, -0.25) is 4.79 Å². The number of rotatable bonds is 4. The summed E-state index contributed by atoms with van der Waals surface area (Å²) >= 11 is 0. The van der Waals surface area contributed by atoms with E-state index in [4.69, 9.17) is 9.47 Å². The van der Waals surface area contributed by atoms with Crippen molar-refractivity contribution < 1.29 is 14.3 Å². The second-order valence-electron chi connectivity index (χ2n) is 7.90. The SMILES string of the molecule is COc1ccc([C@@H]2C3=C(C[C@@H](c4ccccc4)CC3=O)Nc3nc(C)nn32)cc1OC.